The van der Waals surface area contributed by atoms with E-state index in [1.807, 2.05) is 32.2 Å². The average molecular weight is 298 g/mol. The zero-order valence-corrected chi connectivity index (χ0v) is 11.8. The highest BCUT2D eigenvalue weighted by Gasteiger charge is 2.19. The largest absolute Gasteiger partial charge is 0.355 e. The van der Waals surface area contributed by atoms with Gasteiger partial charge in [0.2, 0.25) is 5.78 Å². The molecule has 2 aromatic heterocycles. The summed E-state index contributed by atoms with van der Waals surface area (Å²) < 4.78 is 0.867. The summed E-state index contributed by atoms with van der Waals surface area (Å²) in [4.78, 5) is 16.2. The highest BCUT2D eigenvalue weighted by atomic mass is 79.9. The Morgan fingerprint density at radius 2 is 2.00 bits per heavy atom. The molecule has 0 atom stereocenters. The molecule has 0 saturated carbocycles. The molecule has 4 heteroatoms. The van der Waals surface area contributed by atoms with Crippen molar-refractivity contribution < 1.29 is 4.79 Å². The molecule has 2 nitrogen and oxygen atoms in total. The van der Waals surface area contributed by atoms with E-state index in [1.165, 1.54) is 11.3 Å². The zero-order chi connectivity index (χ0) is 11.9. The molecule has 2 rings (SSSR count). The minimum absolute atomic E-state index is 0.0653. The van der Waals surface area contributed by atoms with E-state index >= 15 is 0 Å². The number of ketones is 1. The van der Waals surface area contributed by atoms with Crippen LogP contribution >= 0.6 is 27.3 Å². The minimum Gasteiger partial charge on any atom is -0.355 e. The summed E-state index contributed by atoms with van der Waals surface area (Å²) in [5, 5.41) is 1.91. The topological polar surface area (TPSA) is 32.9 Å². The molecule has 0 aliphatic carbocycles. The third-order valence-corrected chi connectivity index (χ3v) is 4.70. The Bertz CT molecular complexity index is 553. The van der Waals surface area contributed by atoms with Gasteiger partial charge in [0, 0.05) is 10.2 Å². The van der Waals surface area contributed by atoms with Gasteiger partial charge in [0.1, 0.15) is 0 Å². The van der Waals surface area contributed by atoms with Crippen LogP contribution in [0.4, 0.5) is 0 Å². The standard InChI is InChI=1S/C12H12BrNOS/c1-6-7(2)10(14-8(6)3)11(15)12-9(13)4-5-16-12/h4-5,14H,1-3H3. The number of aryl methyl sites for hydroxylation is 1. The van der Waals surface area contributed by atoms with E-state index in [0.717, 1.165) is 26.2 Å². The smallest absolute Gasteiger partial charge is 0.220 e. The molecule has 0 spiro atoms. The van der Waals surface area contributed by atoms with Crippen molar-refractivity contribution in [2.75, 3.05) is 0 Å². The van der Waals surface area contributed by atoms with Crippen LogP contribution in [0.15, 0.2) is 15.9 Å². The van der Waals surface area contributed by atoms with Crippen LogP contribution in [-0.4, -0.2) is 10.8 Å². The lowest BCUT2D eigenvalue weighted by Gasteiger charge is -1.98. The third kappa shape index (κ3) is 1.76. The van der Waals surface area contributed by atoms with E-state index in [9.17, 15) is 4.79 Å². The lowest BCUT2D eigenvalue weighted by atomic mass is 10.1. The minimum atomic E-state index is 0.0653. The Kier molecular flexibility index (Phi) is 3.04. The number of thiophene rings is 1. The summed E-state index contributed by atoms with van der Waals surface area (Å²) in [5.74, 6) is 0.0653. The number of carbonyl (C=O) groups is 1. The molecule has 1 N–H and O–H groups in total. The Morgan fingerprint density at radius 1 is 1.31 bits per heavy atom. The summed E-state index contributed by atoms with van der Waals surface area (Å²) in [5.41, 5.74) is 3.98. The van der Waals surface area contributed by atoms with E-state index in [1.54, 1.807) is 0 Å². The Balaban J connectivity index is 2.50. The van der Waals surface area contributed by atoms with Crippen LogP contribution in [0.5, 0.6) is 0 Å². The molecule has 0 bridgehead atoms. The van der Waals surface area contributed by atoms with Gasteiger partial charge >= 0.3 is 0 Å². The number of aromatic amines is 1. The van der Waals surface area contributed by atoms with Crippen LogP contribution in [0.25, 0.3) is 0 Å². The van der Waals surface area contributed by atoms with Gasteiger partial charge in [0.15, 0.2) is 0 Å². The molecule has 0 aliphatic heterocycles. The zero-order valence-electron chi connectivity index (χ0n) is 9.35. The second kappa shape index (κ2) is 4.18. The molecular weight excluding hydrogens is 286 g/mol. The second-order valence-electron chi connectivity index (χ2n) is 3.80. The third-order valence-electron chi connectivity index (χ3n) is 2.86. The number of hydrogen-bond acceptors (Lipinski definition) is 2. The molecule has 2 heterocycles. The van der Waals surface area contributed by atoms with Gasteiger partial charge in [0.05, 0.1) is 10.6 Å². The average Bonchev–Trinajstić information content (AvgIpc) is 2.77. The quantitative estimate of drug-likeness (QED) is 0.835. The SMILES string of the molecule is Cc1[nH]c(C(=O)c2sccc2Br)c(C)c1C. The molecule has 0 amide bonds. The summed E-state index contributed by atoms with van der Waals surface area (Å²) in [7, 11) is 0. The molecule has 0 fully saturated rings. The highest BCUT2D eigenvalue weighted by molar-refractivity contribution is 9.10. The molecule has 0 aromatic carbocycles. The van der Waals surface area contributed by atoms with E-state index in [-0.39, 0.29) is 5.78 Å². The van der Waals surface area contributed by atoms with Gasteiger partial charge in [-0.2, -0.15) is 0 Å². The molecule has 16 heavy (non-hydrogen) atoms. The molecule has 0 radical (unpaired) electrons. The molecular formula is C12H12BrNOS. The van der Waals surface area contributed by atoms with Crippen LogP contribution in [0.2, 0.25) is 0 Å². The van der Waals surface area contributed by atoms with Crippen molar-refractivity contribution in [3.8, 4) is 0 Å². The van der Waals surface area contributed by atoms with E-state index in [0.29, 0.717) is 5.69 Å². The van der Waals surface area contributed by atoms with Crippen molar-refractivity contribution in [1.82, 2.24) is 4.98 Å². The fourth-order valence-electron chi connectivity index (χ4n) is 1.64. The number of halogens is 1. The summed E-state index contributed by atoms with van der Waals surface area (Å²) in [6, 6.07) is 1.90. The molecule has 84 valence electrons. The molecule has 0 unspecified atom stereocenters. The summed E-state index contributed by atoms with van der Waals surface area (Å²) in [6.45, 7) is 6.00. The molecule has 0 saturated heterocycles. The number of hydrogen-bond donors (Lipinski definition) is 1. The van der Waals surface area contributed by atoms with Gasteiger partial charge in [-0.15, -0.1) is 11.3 Å². The molecule has 2 aromatic rings. The Morgan fingerprint density at radius 3 is 2.44 bits per heavy atom. The Labute approximate surface area is 107 Å². The van der Waals surface area contributed by atoms with Crippen molar-refractivity contribution in [2.24, 2.45) is 0 Å². The maximum atomic E-state index is 12.3. The predicted octanol–water partition coefficient (Wildman–Crippen LogP) is 3.99. The lowest BCUT2D eigenvalue weighted by molar-refractivity contribution is 0.103. The summed E-state index contributed by atoms with van der Waals surface area (Å²) in [6.07, 6.45) is 0. The van der Waals surface area contributed by atoms with Crippen LogP contribution in [-0.2, 0) is 0 Å². The number of nitrogens with one attached hydrogen (secondary N) is 1. The van der Waals surface area contributed by atoms with E-state index in [2.05, 4.69) is 20.9 Å². The Hall–Kier alpha value is -0.870. The fraction of sp³-hybridized carbons (Fsp3) is 0.250. The first-order chi connectivity index (χ1) is 7.52. The maximum Gasteiger partial charge on any atom is 0.220 e. The van der Waals surface area contributed by atoms with Crippen molar-refractivity contribution in [2.45, 2.75) is 20.8 Å². The van der Waals surface area contributed by atoms with Gasteiger partial charge in [-0.05, 0) is 59.3 Å². The highest BCUT2D eigenvalue weighted by Crippen LogP contribution is 2.27. The van der Waals surface area contributed by atoms with Crippen LogP contribution in [0.1, 0.15) is 32.2 Å². The van der Waals surface area contributed by atoms with Crippen LogP contribution in [0, 0.1) is 20.8 Å². The number of rotatable bonds is 2. The van der Waals surface area contributed by atoms with Crippen LogP contribution < -0.4 is 0 Å². The number of carbonyl (C=O) groups excluding carboxylic acids is 1. The first kappa shape index (κ1) is 11.6. The van der Waals surface area contributed by atoms with Crippen molar-refractivity contribution in [3.05, 3.63) is 43.3 Å². The van der Waals surface area contributed by atoms with Crippen molar-refractivity contribution in [3.63, 3.8) is 0 Å². The van der Waals surface area contributed by atoms with Gasteiger partial charge in [0.25, 0.3) is 0 Å². The lowest BCUT2D eigenvalue weighted by Crippen LogP contribution is -2.02. The van der Waals surface area contributed by atoms with E-state index in [4.69, 9.17) is 0 Å². The van der Waals surface area contributed by atoms with E-state index < -0.39 is 0 Å². The normalized spacial score (nSPS) is 10.8. The van der Waals surface area contributed by atoms with Crippen LogP contribution in [0.3, 0.4) is 0 Å². The second-order valence-corrected chi connectivity index (χ2v) is 5.57. The van der Waals surface area contributed by atoms with Crippen molar-refractivity contribution >= 4 is 33.0 Å². The van der Waals surface area contributed by atoms with Gasteiger partial charge < -0.3 is 4.98 Å². The predicted molar refractivity (Wildman–Crippen MR) is 70.5 cm³/mol. The number of aromatic nitrogens is 1. The maximum absolute atomic E-state index is 12.3. The number of H-pyrrole nitrogens is 1. The first-order valence-corrected chi connectivity index (χ1v) is 6.63. The first-order valence-electron chi connectivity index (χ1n) is 4.95. The summed E-state index contributed by atoms with van der Waals surface area (Å²) >= 11 is 4.85. The molecule has 0 aliphatic rings. The van der Waals surface area contributed by atoms with Gasteiger partial charge in [-0.3, -0.25) is 4.79 Å². The fourth-order valence-corrected chi connectivity index (χ4v) is 3.14. The van der Waals surface area contributed by atoms with Gasteiger partial charge in [-0.1, -0.05) is 0 Å². The van der Waals surface area contributed by atoms with Gasteiger partial charge in [-0.25, -0.2) is 0 Å². The monoisotopic (exact) mass is 297 g/mol. The van der Waals surface area contributed by atoms with Crippen molar-refractivity contribution in [1.29, 1.82) is 0 Å².